The summed E-state index contributed by atoms with van der Waals surface area (Å²) in [5.41, 5.74) is -1.35. The van der Waals surface area contributed by atoms with Gasteiger partial charge in [0.05, 0.1) is 6.54 Å². The topological polar surface area (TPSA) is 62.7 Å². The Bertz CT molecular complexity index is 447. The van der Waals surface area contributed by atoms with Crippen LogP contribution >= 0.6 is 0 Å². The predicted octanol–water partition coefficient (Wildman–Crippen LogP) is 1.91. The second kappa shape index (κ2) is 4.24. The third-order valence-corrected chi connectivity index (χ3v) is 3.80. The average Bonchev–Trinajstić information content (AvgIpc) is 2.51. The number of hydrogen-bond donors (Lipinski definition) is 1. The van der Waals surface area contributed by atoms with Crippen LogP contribution in [0.4, 0.5) is 4.79 Å². The number of carbonyl (C=O) groups excluding carboxylic acids is 1. The number of pyridine rings is 1. The summed E-state index contributed by atoms with van der Waals surface area (Å²) in [6, 6.07) is 3.66. The molecule has 0 aromatic carbocycles. The molecule has 0 saturated carbocycles. The molecule has 2 heterocycles. The summed E-state index contributed by atoms with van der Waals surface area (Å²) < 4.78 is 5.31. The lowest BCUT2D eigenvalue weighted by atomic mass is 9.90. The number of nitrogens with zero attached hydrogens (tertiary/aromatic N) is 2. The highest BCUT2D eigenvalue weighted by Crippen LogP contribution is 2.40. The maximum absolute atomic E-state index is 11.9. The molecule has 0 radical (unpaired) electrons. The highest BCUT2D eigenvalue weighted by Gasteiger charge is 2.58. The molecule has 1 N–H and O–H groups in total. The molecule has 0 aliphatic carbocycles. The summed E-state index contributed by atoms with van der Waals surface area (Å²) in [6.07, 6.45) is 3.40. The minimum atomic E-state index is -1.32. The molecule has 5 heteroatoms. The third-order valence-electron chi connectivity index (χ3n) is 3.80. The van der Waals surface area contributed by atoms with E-state index >= 15 is 0 Å². The van der Waals surface area contributed by atoms with E-state index in [9.17, 15) is 9.90 Å². The first kappa shape index (κ1) is 12.8. The van der Waals surface area contributed by atoms with Crippen LogP contribution in [-0.2, 0) is 11.3 Å². The molecule has 0 bridgehead atoms. The van der Waals surface area contributed by atoms with Crippen LogP contribution in [0.3, 0.4) is 0 Å². The van der Waals surface area contributed by atoms with Crippen LogP contribution in [0.2, 0.25) is 0 Å². The van der Waals surface area contributed by atoms with Gasteiger partial charge >= 0.3 is 6.09 Å². The Morgan fingerprint density at radius 2 is 2.22 bits per heavy atom. The Balaban J connectivity index is 2.26. The van der Waals surface area contributed by atoms with Gasteiger partial charge in [-0.05, 0) is 31.9 Å². The fourth-order valence-corrected chi connectivity index (χ4v) is 2.11. The van der Waals surface area contributed by atoms with Crippen molar-refractivity contribution in [3.05, 3.63) is 30.1 Å². The highest BCUT2D eigenvalue weighted by atomic mass is 16.6. The van der Waals surface area contributed by atoms with Crippen LogP contribution < -0.4 is 0 Å². The Morgan fingerprint density at radius 3 is 2.72 bits per heavy atom. The van der Waals surface area contributed by atoms with Gasteiger partial charge in [-0.2, -0.15) is 0 Å². The second-order valence-corrected chi connectivity index (χ2v) is 4.92. The molecule has 0 unspecified atom stereocenters. The van der Waals surface area contributed by atoms with Crippen molar-refractivity contribution < 1.29 is 14.6 Å². The molecule has 1 amide bonds. The summed E-state index contributed by atoms with van der Waals surface area (Å²) in [6.45, 7) is 5.52. The van der Waals surface area contributed by atoms with Gasteiger partial charge in [0.15, 0.2) is 11.3 Å². The minimum Gasteiger partial charge on any atom is -0.438 e. The molecule has 98 valence electrons. The van der Waals surface area contributed by atoms with E-state index in [0.29, 0.717) is 6.42 Å². The predicted molar refractivity (Wildman–Crippen MR) is 65.6 cm³/mol. The lowest BCUT2D eigenvalue weighted by Gasteiger charge is -2.36. The van der Waals surface area contributed by atoms with Crippen molar-refractivity contribution in [2.75, 3.05) is 0 Å². The number of rotatable bonds is 3. The van der Waals surface area contributed by atoms with Crippen molar-refractivity contribution in [1.29, 1.82) is 0 Å². The second-order valence-electron chi connectivity index (χ2n) is 4.92. The van der Waals surface area contributed by atoms with Crippen LogP contribution in [0, 0.1) is 0 Å². The average molecular weight is 250 g/mol. The summed E-state index contributed by atoms with van der Waals surface area (Å²) in [4.78, 5) is 17.2. The zero-order valence-corrected chi connectivity index (χ0v) is 10.9. The van der Waals surface area contributed by atoms with Gasteiger partial charge in [-0.1, -0.05) is 13.0 Å². The number of cyclic esters (lactones) is 1. The van der Waals surface area contributed by atoms with E-state index in [-0.39, 0.29) is 6.54 Å². The number of hydrogen-bond acceptors (Lipinski definition) is 4. The van der Waals surface area contributed by atoms with Gasteiger partial charge in [0.1, 0.15) is 0 Å². The lowest BCUT2D eigenvalue weighted by Crippen LogP contribution is -2.54. The molecule has 2 rings (SSSR count). The normalized spacial score (nSPS) is 31.6. The smallest absolute Gasteiger partial charge is 0.413 e. The van der Waals surface area contributed by atoms with E-state index in [2.05, 4.69) is 4.98 Å². The maximum atomic E-state index is 11.9. The molecule has 1 fully saturated rings. The number of amides is 1. The van der Waals surface area contributed by atoms with Gasteiger partial charge in [0.25, 0.3) is 0 Å². The van der Waals surface area contributed by atoms with Gasteiger partial charge in [-0.25, -0.2) is 4.79 Å². The van der Waals surface area contributed by atoms with Crippen molar-refractivity contribution >= 4 is 6.09 Å². The minimum absolute atomic E-state index is 0.287. The Hall–Kier alpha value is -1.62. The van der Waals surface area contributed by atoms with Gasteiger partial charge in [-0.15, -0.1) is 0 Å². The van der Waals surface area contributed by atoms with Crippen molar-refractivity contribution in [2.24, 2.45) is 0 Å². The van der Waals surface area contributed by atoms with E-state index < -0.39 is 17.4 Å². The van der Waals surface area contributed by atoms with Crippen LogP contribution in [0.1, 0.15) is 32.8 Å². The molecule has 5 nitrogen and oxygen atoms in total. The number of aromatic nitrogens is 1. The first-order chi connectivity index (χ1) is 8.40. The zero-order chi connectivity index (χ0) is 13.4. The van der Waals surface area contributed by atoms with E-state index in [4.69, 9.17) is 4.74 Å². The van der Waals surface area contributed by atoms with Gasteiger partial charge in [-0.3, -0.25) is 9.88 Å². The number of aliphatic hydroxyl groups is 1. The standard InChI is InChI=1S/C13H18N2O3/c1-4-12(2)13(3,17)15(11(16)18-12)9-10-6-5-7-14-8-10/h5-8,17H,4,9H2,1-3H3/t12-,13+/m1/s1. The molecule has 0 spiro atoms. The van der Waals surface area contributed by atoms with Gasteiger partial charge in [0.2, 0.25) is 0 Å². The quantitative estimate of drug-likeness (QED) is 0.890. The summed E-state index contributed by atoms with van der Waals surface area (Å²) in [5.74, 6) is 0. The van der Waals surface area contributed by atoms with Crippen molar-refractivity contribution in [3.8, 4) is 0 Å². The highest BCUT2D eigenvalue weighted by molar-refractivity contribution is 5.72. The maximum Gasteiger partial charge on any atom is 0.413 e. The Morgan fingerprint density at radius 1 is 1.50 bits per heavy atom. The molecule has 18 heavy (non-hydrogen) atoms. The Kier molecular flexibility index (Phi) is 3.02. The summed E-state index contributed by atoms with van der Waals surface area (Å²) >= 11 is 0. The number of carbonyl (C=O) groups is 1. The van der Waals surface area contributed by atoms with E-state index in [1.54, 1.807) is 32.3 Å². The molecule has 1 aromatic rings. The fraction of sp³-hybridized carbons (Fsp3) is 0.538. The van der Waals surface area contributed by atoms with Crippen molar-refractivity contribution in [1.82, 2.24) is 9.88 Å². The summed E-state index contributed by atoms with van der Waals surface area (Å²) in [5, 5.41) is 10.6. The first-order valence-corrected chi connectivity index (χ1v) is 6.02. The third kappa shape index (κ3) is 1.84. The molecular weight excluding hydrogens is 232 g/mol. The van der Waals surface area contributed by atoms with Gasteiger partial charge < -0.3 is 9.84 Å². The molecular formula is C13H18N2O3. The molecule has 1 saturated heterocycles. The van der Waals surface area contributed by atoms with Crippen LogP contribution in [0.25, 0.3) is 0 Å². The fourth-order valence-electron chi connectivity index (χ4n) is 2.11. The van der Waals surface area contributed by atoms with E-state index in [1.165, 1.54) is 4.90 Å². The summed E-state index contributed by atoms with van der Waals surface area (Å²) in [7, 11) is 0. The Labute approximate surface area is 106 Å². The monoisotopic (exact) mass is 250 g/mol. The SMILES string of the molecule is CC[C@@]1(C)OC(=O)N(Cc2cccnc2)[C@@]1(C)O. The number of ether oxygens (including phenoxy) is 1. The van der Waals surface area contributed by atoms with Crippen molar-refractivity contribution in [2.45, 2.75) is 45.1 Å². The van der Waals surface area contributed by atoms with Crippen LogP contribution in [0.5, 0.6) is 0 Å². The molecule has 2 atom stereocenters. The van der Waals surface area contributed by atoms with E-state index in [0.717, 1.165) is 5.56 Å². The van der Waals surface area contributed by atoms with Crippen LogP contribution in [-0.4, -0.2) is 32.4 Å². The largest absolute Gasteiger partial charge is 0.438 e. The van der Waals surface area contributed by atoms with E-state index in [1.807, 2.05) is 13.0 Å². The first-order valence-electron chi connectivity index (χ1n) is 6.02. The van der Waals surface area contributed by atoms with Crippen molar-refractivity contribution in [3.63, 3.8) is 0 Å². The lowest BCUT2D eigenvalue weighted by molar-refractivity contribution is -0.139. The van der Waals surface area contributed by atoms with Crippen LogP contribution in [0.15, 0.2) is 24.5 Å². The zero-order valence-electron chi connectivity index (χ0n) is 10.9. The molecule has 1 aliphatic rings. The molecule has 1 aliphatic heterocycles. The van der Waals surface area contributed by atoms with Gasteiger partial charge in [0, 0.05) is 12.4 Å². The molecule has 1 aromatic heterocycles.